The van der Waals surface area contributed by atoms with Gasteiger partial charge in [-0.25, -0.2) is 0 Å². The fourth-order valence-electron chi connectivity index (χ4n) is 0.303. The lowest BCUT2D eigenvalue weighted by molar-refractivity contribution is -0.125. The average Bonchev–Trinajstić information content (AvgIpc) is 1.87. The molecule has 0 radical (unpaired) electrons. The normalized spacial score (nSPS) is 13.0. The van der Waals surface area contributed by atoms with Gasteiger partial charge in [0.25, 0.3) is 0 Å². The number of carbonyl (C=O) groups is 1. The van der Waals surface area contributed by atoms with Gasteiger partial charge in [0.05, 0.1) is 0 Å². The molecule has 0 rings (SSSR count). The summed E-state index contributed by atoms with van der Waals surface area (Å²) >= 11 is 0. The number of nitrogens with two attached hydrogens (primary N) is 2. The molecule has 0 aliphatic carbocycles. The molecule has 0 saturated heterocycles. The van der Waals surface area contributed by atoms with Crippen LogP contribution in [0.5, 0.6) is 0 Å². The first kappa shape index (κ1) is 9.35. The SMILES string of the molecule is CC(CN)NOCC(N)=O. The van der Waals surface area contributed by atoms with E-state index in [1.54, 1.807) is 0 Å². The monoisotopic (exact) mass is 147 g/mol. The number of amides is 1. The summed E-state index contributed by atoms with van der Waals surface area (Å²) in [6.45, 7) is 2.17. The molecule has 1 amide bonds. The lowest BCUT2D eigenvalue weighted by Gasteiger charge is -2.08. The third kappa shape index (κ3) is 5.49. The van der Waals surface area contributed by atoms with Crippen molar-refractivity contribution in [3.8, 4) is 0 Å². The molecule has 0 aliphatic heterocycles. The van der Waals surface area contributed by atoms with Gasteiger partial charge < -0.3 is 11.5 Å². The summed E-state index contributed by atoms with van der Waals surface area (Å²) in [4.78, 5) is 14.7. The number of primary amides is 1. The fraction of sp³-hybridized carbons (Fsp3) is 0.800. The highest BCUT2D eigenvalue weighted by Crippen LogP contribution is 1.75. The van der Waals surface area contributed by atoms with Crippen LogP contribution in [0.1, 0.15) is 6.92 Å². The van der Waals surface area contributed by atoms with Gasteiger partial charge in [-0.2, -0.15) is 5.48 Å². The van der Waals surface area contributed by atoms with Gasteiger partial charge in [-0.1, -0.05) is 0 Å². The Labute approximate surface area is 59.7 Å². The number of hydroxylamine groups is 1. The predicted molar refractivity (Wildman–Crippen MR) is 36.8 cm³/mol. The molecule has 0 aromatic rings. The molecule has 0 aliphatic rings. The third-order valence-corrected chi connectivity index (χ3v) is 0.852. The molecule has 1 atom stereocenters. The Morgan fingerprint density at radius 1 is 1.80 bits per heavy atom. The number of nitrogens with one attached hydrogen (secondary N) is 1. The van der Waals surface area contributed by atoms with E-state index in [-0.39, 0.29) is 12.6 Å². The zero-order chi connectivity index (χ0) is 7.98. The van der Waals surface area contributed by atoms with Crippen LogP contribution in [-0.4, -0.2) is 25.1 Å². The van der Waals surface area contributed by atoms with E-state index < -0.39 is 5.91 Å². The number of hydrogen-bond acceptors (Lipinski definition) is 4. The highest BCUT2D eigenvalue weighted by atomic mass is 16.6. The Morgan fingerprint density at radius 2 is 2.40 bits per heavy atom. The molecule has 0 bridgehead atoms. The zero-order valence-corrected chi connectivity index (χ0v) is 5.96. The van der Waals surface area contributed by atoms with Gasteiger partial charge >= 0.3 is 0 Å². The van der Waals surface area contributed by atoms with Crippen LogP contribution in [0.2, 0.25) is 0 Å². The molecule has 0 heterocycles. The standard InChI is InChI=1S/C5H13N3O2/c1-4(2-6)8-10-3-5(7)9/h4,8H,2-3,6H2,1H3,(H2,7,9). The Morgan fingerprint density at radius 3 is 2.80 bits per heavy atom. The van der Waals surface area contributed by atoms with E-state index in [1.807, 2.05) is 6.92 Å². The van der Waals surface area contributed by atoms with Crippen molar-refractivity contribution in [1.82, 2.24) is 5.48 Å². The highest BCUT2D eigenvalue weighted by Gasteiger charge is 1.97. The number of carbonyl (C=O) groups excluding carboxylic acids is 1. The maximum Gasteiger partial charge on any atom is 0.245 e. The molecule has 0 aromatic heterocycles. The zero-order valence-electron chi connectivity index (χ0n) is 5.96. The van der Waals surface area contributed by atoms with Crippen LogP contribution in [0.25, 0.3) is 0 Å². The van der Waals surface area contributed by atoms with E-state index in [0.29, 0.717) is 6.54 Å². The van der Waals surface area contributed by atoms with Crippen LogP contribution in [0.3, 0.4) is 0 Å². The van der Waals surface area contributed by atoms with E-state index >= 15 is 0 Å². The van der Waals surface area contributed by atoms with Gasteiger partial charge in [-0.05, 0) is 6.92 Å². The lowest BCUT2D eigenvalue weighted by Crippen LogP contribution is -2.35. The van der Waals surface area contributed by atoms with Gasteiger partial charge in [0.1, 0.15) is 6.61 Å². The van der Waals surface area contributed by atoms with E-state index in [2.05, 4.69) is 10.3 Å². The maximum absolute atomic E-state index is 10.1. The van der Waals surface area contributed by atoms with Crippen LogP contribution in [-0.2, 0) is 9.63 Å². The molecule has 10 heavy (non-hydrogen) atoms. The van der Waals surface area contributed by atoms with Crippen LogP contribution >= 0.6 is 0 Å². The summed E-state index contributed by atoms with van der Waals surface area (Å²) in [5, 5.41) is 0. The maximum atomic E-state index is 10.1. The molecule has 5 N–H and O–H groups in total. The summed E-state index contributed by atoms with van der Waals surface area (Å²) in [6, 6.07) is 0.0411. The smallest absolute Gasteiger partial charge is 0.245 e. The summed E-state index contributed by atoms with van der Waals surface area (Å²) in [5.41, 5.74) is 12.6. The van der Waals surface area contributed by atoms with Crippen molar-refractivity contribution < 1.29 is 9.63 Å². The minimum atomic E-state index is -0.503. The van der Waals surface area contributed by atoms with Crippen molar-refractivity contribution in [2.45, 2.75) is 13.0 Å². The molecular formula is C5H13N3O2. The second-order valence-electron chi connectivity index (χ2n) is 2.01. The van der Waals surface area contributed by atoms with E-state index in [1.165, 1.54) is 0 Å². The van der Waals surface area contributed by atoms with Crippen molar-refractivity contribution >= 4 is 5.91 Å². The van der Waals surface area contributed by atoms with Crippen molar-refractivity contribution in [2.24, 2.45) is 11.5 Å². The van der Waals surface area contributed by atoms with Gasteiger partial charge in [0, 0.05) is 12.6 Å². The second-order valence-corrected chi connectivity index (χ2v) is 2.01. The van der Waals surface area contributed by atoms with E-state index in [0.717, 1.165) is 0 Å². The summed E-state index contributed by atoms with van der Waals surface area (Å²) in [6.07, 6.45) is 0. The van der Waals surface area contributed by atoms with E-state index in [9.17, 15) is 4.79 Å². The van der Waals surface area contributed by atoms with Gasteiger partial charge in [-0.3, -0.25) is 9.63 Å². The average molecular weight is 147 g/mol. The first-order chi connectivity index (χ1) is 4.66. The minimum Gasteiger partial charge on any atom is -0.368 e. The molecule has 1 unspecified atom stereocenters. The van der Waals surface area contributed by atoms with Crippen molar-refractivity contribution in [1.29, 1.82) is 0 Å². The first-order valence-corrected chi connectivity index (χ1v) is 3.02. The van der Waals surface area contributed by atoms with Gasteiger partial charge in [0.15, 0.2) is 0 Å². The third-order valence-electron chi connectivity index (χ3n) is 0.852. The molecule has 5 heteroatoms. The minimum absolute atomic E-state index is 0.0411. The summed E-state index contributed by atoms with van der Waals surface area (Å²) in [5.74, 6) is -0.503. The number of hydrogen-bond donors (Lipinski definition) is 3. The Kier molecular flexibility index (Phi) is 4.82. The Bertz CT molecular complexity index is 107. The van der Waals surface area contributed by atoms with Crippen LogP contribution in [0, 0.1) is 0 Å². The quantitative estimate of drug-likeness (QED) is 0.406. The van der Waals surface area contributed by atoms with Crippen LogP contribution in [0.4, 0.5) is 0 Å². The first-order valence-electron chi connectivity index (χ1n) is 3.02. The Hall–Kier alpha value is -0.650. The second kappa shape index (κ2) is 5.16. The largest absolute Gasteiger partial charge is 0.368 e. The molecule has 0 spiro atoms. The number of rotatable bonds is 5. The Balaban J connectivity index is 3.11. The lowest BCUT2D eigenvalue weighted by atomic mass is 10.4. The molecule has 60 valence electrons. The van der Waals surface area contributed by atoms with E-state index in [4.69, 9.17) is 11.5 Å². The van der Waals surface area contributed by atoms with Crippen LogP contribution in [0.15, 0.2) is 0 Å². The highest BCUT2D eigenvalue weighted by molar-refractivity contribution is 5.74. The fourth-order valence-corrected chi connectivity index (χ4v) is 0.303. The molecular weight excluding hydrogens is 134 g/mol. The summed E-state index contributed by atoms with van der Waals surface area (Å²) < 4.78 is 0. The molecule has 0 saturated carbocycles. The van der Waals surface area contributed by atoms with Gasteiger partial charge in [0.2, 0.25) is 5.91 Å². The van der Waals surface area contributed by atoms with Crippen molar-refractivity contribution in [3.63, 3.8) is 0 Å². The predicted octanol–water partition coefficient (Wildman–Crippen LogP) is -1.66. The van der Waals surface area contributed by atoms with Gasteiger partial charge in [-0.15, -0.1) is 0 Å². The molecule has 0 aromatic carbocycles. The molecule has 5 nitrogen and oxygen atoms in total. The van der Waals surface area contributed by atoms with Crippen LogP contribution < -0.4 is 16.9 Å². The molecule has 0 fully saturated rings. The van der Waals surface area contributed by atoms with Crippen molar-refractivity contribution in [3.05, 3.63) is 0 Å². The van der Waals surface area contributed by atoms with Crippen molar-refractivity contribution in [2.75, 3.05) is 13.2 Å². The summed E-state index contributed by atoms with van der Waals surface area (Å²) in [7, 11) is 0. The topological polar surface area (TPSA) is 90.4 Å².